The van der Waals surface area contributed by atoms with E-state index in [4.69, 9.17) is 11.5 Å². The molecule has 5 heteroatoms. The Morgan fingerprint density at radius 2 is 2.15 bits per heavy atom. The molecule has 0 aromatic rings. The van der Waals surface area contributed by atoms with Crippen molar-refractivity contribution in [1.82, 2.24) is 5.32 Å². The van der Waals surface area contributed by atoms with Crippen molar-refractivity contribution in [2.75, 3.05) is 0 Å². The number of hydrogen-bond acceptors (Lipinski definition) is 3. The van der Waals surface area contributed by atoms with Gasteiger partial charge in [0.2, 0.25) is 5.96 Å². The molecule has 5 nitrogen and oxygen atoms in total. The zero-order chi connectivity index (χ0) is 9.26. The van der Waals surface area contributed by atoms with Gasteiger partial charge in [0.1, 0.15) is 0 Å². The Kier molecular flexibility index (Phi) is 2.08. The van der Waals surface area contributed by atoms with E-state index in [9.17, 15) is 0 Å². The third kappa shape index (κ3) is 1.74. The van der Waals surface area contributed by atoms with Gasteiger partial charge in [0.15, 0.2) is 5.96 Å². The molecule has 0 radical (unpaired) electrons. The van der Waals surface area contributed by atoms with Crippen LogP contribution in [0.5, 0.6) is 0 Å². The van der Waals surface area contributed by atoms with Crippen molar-refractivity contribution in [3.63, 3.8) is 0 Å². The van der Waals surface area contributed by atoms with Crippen LogP contribution >= 0.6 is 0 Å². The molecule has 1 aliphatic heterocycles. The van der Waals surface area contributed by atoms with Gasteiger partial charge in [-0.1, -0.05) is 12.8 Å². The molecular formula is C8H15N5. The van der Waals surface area contributed by atoms with Crippen molar-refractivity contribution < 1.29 is 0 Å². The van der Waals surface area contributed by atoms with Crippen LogP contribution in [0.25, 0.3) is 0 Å². The average molecular weight is 181 g/mol. The lowest BCUT2D eigenvalue weighted by Gasteiger charge is -2.22. The molecule has 0 aromatic heterocycles. The summed E-state index contributed by atoms with van der Waals surface area (Å²) in [6, 6.07) is 0.860. The molecule has 0 unspecified atom stereocenters. The van der Waals surface area contributed by atoms with Crippen LogP contribution in [0.2, 0.25) is 0 Å². The molecule has 5 N–H and O–H groups in total. The lowest BCUT2D eigenvalue weighted by Crippen LogP contribution is -2.37. The van der Waals surface area contributed by atoms with Crippen LogP contribution in [0.3, 0.4) is 0 Å². The van der Waals surface area contributed by atoms with Crippen molar-refractivity contribution in [2.24, 2.45) is 21.5 Å². The second-order valence-corrected chi connectivity index (χ2v) is 3.59. The fraction of sp³-hybridized carbons (Fsp3) is 0.750. The van der Waals surface area contributed by atoms with Crippen molar-refractivity contribution in [3.8, 4) is 0 Å². The van der Waals surface area contributed by atoms with Gasteiger partial charge < -0.3 is 16.8 Å². The topological polar surface area (TPSA) is 88.8 Å². The van der Waals surface area contributed by atoms with E-state index in [2.05, 4.69) is 15.3 Å². The highest BCUT2D eigenvalue weighted by atomic mass is 15.2. The molecule has 0 bridgehead atoms. The van der Waals surface area contributed by atoms with Gasteiger partial charge in [0.25, 0.3) is 0 Å². The summed E-state index contributed by atoms with van der Waals surface area (Å²) < 4.78 is 0. The number of nitrogens with zero attached hydrogens (tertiary/aromatic N) is 2. The largest absolute Gasteiger partial charge is 0.370 e. The number of fused-ring (bicyclic) bond motifs is 1. The molecule has 2 atom stereocenters. The van der Waals surface area contributed by atoms with Crippen LogP contribution in [-0.2, 0) is 0 Å². The Morgan fingerprint density at radius 3 is 2.85 bits per heavy atom. The van der Waals surface area contributed by atoms with Crippen molar-refractivity contribution >= 4 is 11.9 Å². The highest BCUT2D eigenvalue weighted by Crippen LogP contribution is 2.24. The Labute approximate surface area is 77.3 Å². The van der Waals surface area contributed by atoms with Gasteiger partial charge in [-0.2, -0.15) is 4.99 Å². The lowest BCUT2D eigenvalue weighted by molar-refractivity contribution is 0.384. The Bertz CT molecular complexity index is 253. The van der Waals surface area contributed by atoms with Crippen LogP contribution in [0.15, 0.2) is 9.98 Å². The first kappa shape index (κ1) is 8.34. The second-order valence-electron chi connectivity index (χ2n) is 3.59. The first-order valence-electron chi connectivity index (χ1n) is 4.69. The normalized spacial score (nSPS) is 31.5. The van der Waals surface area contributed by atoms with Gasteiger partial charge in [-0.05, 0) is 12.8 Å². The third-order valence-electron chi connectivity index (χ3n) is 2.57. The number of nitrogens with two attached hydrogens (primary N) is 2. The van der Waals surface area contributed by atoms with E-state index in [-0.39, 0.29) is 5.96 Å². The van der Waals surface area contributed by atoms with Gasteiger partial charge in [-0.25, -0.2) is 4.99 Å². The van der Waals surface area contributed by atoms with Crippen LogP contribution in [0.1, 0.15) is 25.7 Å². The minimum Gasteiger partial charge on any atom is -0.370 e. The summed E-state index contributed by atoms with van der Waals surface area (Å²) in [5, 5.41) is 3.23. The van der Waals surface area contributed by atoms with E-state index >= 15 is 0 Å². The first-order valence-corrected chi connectivity index (χ1v) is 4.69. The molecule has 0 saturated heterocycles. The average Bonchev–Trinajstić information content (AvgIpc) is 2.44. The quantitative estimate of drug-likeness (QED) is 0.348. The molecule has 1 fully saturated rings. The molecule has 0 aromatic carbocycles. The standard InChI is InChI=1S/C8H15N5/c9-7(10)13-8-11-5-3-1-2-4-6(5)12-8/h5-6H,1-4H2,(H5,9,10,11,12,13)/t5-,6+. The highest BCUT2D eigenvalue weighted by molar-refractivity contribution is 5.94. The first-order chi connectivity index (χ1) is 6.25. The van der Waals surface area contributed by atoms with Crippen LogP contribution < -0.4 is 16.8 Å². The number of hydrogen-bond donors (Lipinski definition) is 3. The maximum Gasteiger partial charge on any atom is 0.221 e. The van der Waals surface area contributed by atoms with E-state index in [0.717, 1.165) is 6.42 Å². The molecule has 0 amide bonds. The lowest BCUT2D eigenvalue weighted by atomic mass is 9.92. The molecule has 1 saturated carbocycles. The van der Waals surface area contributed by atoms with E-state index in [1.54, 1.807) is 0 Å². The zero-order valence-electron chi connectivity index (χ0n) is 7.53. The summed E-state index contributed by atoms with van der Waals surface area (Å²) in [6.45, 7) is 0. The van der Waals surface area contributed by atoms with E-state index < -0.39 is 0 Å². The molecule has 72 valence electrons. The van der Waals surface area contributed by atoms with E-state index in [0.29, 0.717) is 18.0 Å². The number of aliphatic imine (C=N–C) groups is 2. The Hall–Kier alpha value is -1.26. The van der Waals surface area contributed by atoms with E-state index in [1.807, 2.05) is 0 Å². The minimum absolute atomic E-state index is 0.0740. The van der Waals surface area contributed by atoms with Gasteiger partial charge in [-0.15, -0.1) is 0 Å². The van der Waals surface area contributed by atoms with Gasteiger partial charge in [0, 0.05) is 0 Å². The van der Waals surface area contributed by atoms with Crippen LogP contribution in [-0.4, -0.2) is 24.0 Å². The Balaban J connectivity index is 2.05. The second kappa shape index (κ2) is 3.24. The SMILES string of the molecule is NC(N)=NC1=N[C@@H]2CCCC[C@@H]2N1. The molecule has 2 rings (SSSR count). The van der Waals surface area contributed by atoms with Gasteiger partial charge in [-0.3, -0.25) is 0 Å². The minimum atomic E-state index is 0.0740. The van der Waals surface area contributed by atoms with Gasteiger partial charge in [0.05, 0.1) is 12.1 Å². The smallest absolute Gasteiger partial charge is 0.221 e. The third-order valence-corrected chi connectivity index (χ3v) is 2.57. The van der Waals surface area contributed by atoms with Crippen LogP contribution in [0.4, 0.5) is 0 Å². The zero-order valence-corrected chi connectivity index (χ0v) is 7.53. The molecular weight excluding hydrogens is 166 g/mol. The van der Waals surface area contributed by atoms with Gasteiger partial charge >= 0.3 is 0 Å². The summed E-state index contributed by atoms with van der Waals surface area (Å²) in [5.41, 5.74) is 10.5. The molecule has 0 spiro atoms. The summed E-state index contributed by atoms with van der Waals surface area (Å²) >= 11 is 0. The maximum absolute atomic E-state index is 5.27. The Morgan fingerprint density at radius 1 is 1.38 bits per heavy atom. The van der Waals surface area contributed by atoms with Crippen molar-refractivity contribution in [1.29, 1.82) is 0 Å². The predicted molar refractivity (Wildman–Crippen MR) is 52.4 cm³/mol. The summed E-state index contributed by atoms with van der Waals surface area (Å²) in [4.78, 5) is 8.32. The predicted octanol–water partition coefficient (Wildman–Crippen LogP) is -0.470. The monoisotopic (exact) mass is 181 g/mol. The molecule has 1 aliphatic carbocycles. The molecule has 1 heterocycles. The number of guanidine groups is 2. The van der Waals surface area contributed by atoms with Crippen LogP contribution in [0, 0.1) is 0 Å². The van der Waals surface area contributed by atoms with E-state index in [1.165, 1.54) is 19.3 Å². The molecule has 2 aliphatic rings. The maximum atomic E-state index is 5.27. The fourth-order valence-corrected chi connectivity index (χ4v) is 1.98. The summed E-state index contributed by atoms with van der Waals surface area (Å²) in [6.07, 6.45) is 4.87. The molecule has 13 heavy (non-hydrogen) atoms. The summed E-state index contributed by atoms with van der Waals surface area (Å²) in [7, 11) is 0. The fourth-order valence-electron chi connectivity index (χ4n) is 1.98. The number of rotatable bonds is 0. The highest BCUT2D eigenvalue weighted by Gasteiger charge is 2.30. The van der Waals surface area contributed by atoms with Crippen molar-refractivity contribution in [3.05, 3.63) is 0 Å². The van der Waals surface area contributed by atoms with Crippen molar-refractivity contribution in [2.45, 2.75) is 37.8 Å². The number of nitrogens with one attached hydrogen (secondary N) is 1. The summed E-state index contributed by atoms with van der Waals surface area (Å²) in [5.74, 6) is 0.682.